The van der Waals surface area contributed by atoms with Crippen molar-refractivity contribution in [2.24, 2.45) is 17.3 Å². The van der Waals surface area contributed by atoms with Gasteiger partial charge in [-0.1, -0.05) is 105 Å². The third-order valence-electron chi connectivity index (χ3n) is 7.39. The lowest BCUT2D eigenvalue weighted by molar-refractivity contribution is -0.157. The highest BCUT2D eigenvalue weighted by Gasteiger charge is 2.47. The summed E-state index contributed by atoms with van der Waals surface area (Å²) in [5.74, 6) is 0.743. The number of allylic oxidation sites excluding steroid dienone is 4. The first-order valence-corrected chi connectivity index (χ1v) is 13.0. The first-order chi connectivity index (χ1) is 15.7. The summed E-state index contributed by atoms with van der Waals surface area (Å²) in [4.78, 5) is 27.0. The van der Waals surface area contributed by atoms with Crippen molar-refractivity contribution in [3.8, 4) is 0 Å². The van der Waals surface area contributed by atoms with E-state index in [4.69, 9.17) is 4.74 Å². The molecule has 3 heteroatoms. The smallest absolute Gasteiger partial charge is 0.303 e. The molecular weight excluding hydrogens is 420 g/mol. The monoisotopic (exact) mass is 466 g/mol. The second-order valence-electron chi connectivity index (χ2n) is 11.6. The Labute approximate surface area is 208 Å². The zero-order valence-corrected chi connectivity index (χ0v) is 23.3. The summed E-state index contributed by atoms with van der Waals surface area (Å²) in [6, 6.07) is 4.44. The van der Waals surface area contributed by atoms with Crippen molar-refractivity contribution < 1.29 is 14.3 Å². The molecule has 2 rings (SSSR count). The maximum atomic E-state index is 14.6. The minimum atomic E-state index is -0.924. The first-order valence-electron chi connectivity index (χ1n) is 13.0. The van der Waals surface area contributed by atoms with Crippen LogP contribution in [-0.2, 0) is 14.3 Å². The third-order valence-corrected chi connectivity index (χ3v) is 7.39. The van der Waals surface area contributed by atoms with Gasteiger partial charge >= 0.3 is 5.97 Å². The number of rotatable bonds is 9. The van der Waals surface area contributed by atoms with Crippen LogP contribution in [0.3, 0.4) is 0 Å². The van der Waals surface area contributed by atoms with Crippen LogP contribution in [0.1, 0.15) is 129 Å². The number of hydrogen-bond acceptors (Lipinski definition) is 3. The van der Waals surface area contributed by atoms with Crippen LogP contribution in [0.2, 0.25) is 0 Å². The maximum absolute atomic E-state index is 14.6. The van der Waals surface area contributed by atoms with E-state index >= 15 is 0 Å². The Morgan fingerprint density at radius 3 is 1.74 bits per heavy atom. The van der Waals surface area contributed by atoms with E-state index in [9.17, 15) is 9.59 Å². The van der Waals surface area contributed by atoms with E-state index in [1.54, 1.807) is 0 Å². The van der Waals surface area contributed by atoms with Crippen LogP contribution in [0.15, 0.2) is 35.9 Å². The lowest BCUT2D eigenvalue weighted by atomic mass is 9.64. The number of esters is 1. The average molecular weight is 467 g/mol. The van der Waals surface area contributed by atoms with E-state index < -0.39 is 17.5 Å². The molecule has 1 aromatic carbocycles. The van der Waals surface area contributed by atoms with Crippen molar-refractivity contribution in [3.63, 3.8) is 0 Å². The zero-order valence-electron chi connectivity index (χ0n) is 23.3. The summed E-state index contributed by atoms with van der Waals surface area (Å²) in [6.07, 6.45) is 5.95. The molecule has 0 bridgehead atoms. The lowest BCUT2D eigenvalue weighted by Gasteiger charge is -2.40. The topological polar surface area (TPSA) is 43.4 Å². The van der Waals surface area contributed by atoms with Gasteiger partial charge in [0.05, 0.1) is 5.41 Å². The van der Waals surface area contributed by atoms with E-state index in [0.29, 0.717) is 18.3 Å². The van der Waals surface area contributed by atoms with Gasteiger partial charge < -0.3 is 4.74 Å². The van der Waals surface area contributed by atoms with Gasteiger partial charge in [-0.15, -0.1) is 0 Å². The summed E-state index contributed by atoms with van der Waals surface area (Å²) in [5, 5.41) is 0. The number of ketones is 1. The van der Waals surface area contributed by atoms with Crippen molar-refractivity contribution in [2.45, 2.75) is 106 Å². The second-order valence-corrected chi connectivity index (χ2v) is 11.6. The van der Waals surface area contributed by atoms with Gasteiger partial charge in [-0.25, -0.2) is 0 Å². The van der Waals surface area contributed by atoms with E-state index in [1.807, 2.05) is 6.08 Å². The summed E-state index contributed by atoms with van der Waals surface area (Å²) in [7, 11) is 0. The molecule has 3 nitrogen and oxygen atoms in total. The van der Waals surface area contributed by atoms with Gasteiger partial charge in [-0.3, -0.25) is 9.59 Å². The molecule has 0 spiro atoms. The van der Waals surface area contributed by atoms with Crippen LogP contribution in [0.25, 0.3) is 0 Å². The number of carbonyl (C=O) groups is 2. The first kappa shape index (κ1) is 28.1. The number of hydrogen-bond donors (Lipinski definition) is 0. The Morgan fingerprint density at radius 2 is 1.35 bits per heavy atom. The fraction of sp³-hybridized carbons (Fsp3) is 0.613. The van der Waals surface area contributed by atoms with Crippen LogP contribution in [-0.4, -0.2) is 11.8 Å². The van der Waals surface area contributed by atoms with E-state index in [0.717, 1.165) is 16.7 Å². The van der Waals surface area contributed by atoms with Crippen LogP contribution in [0.4, 0.5) is 0 Å². The minimum Gasteiger partial charge on any atom is -0.450 e. The van der Waals surface area contributed by atoms with Gasteiger partial charge in [0.2, 0.25) is 0 Å². The number of carbonyl (C=O) groups excluding carboxylic acids is 2. The Balaban J connectivity index is 2.82. The largest absolute Gasteiger partial charge is 0.450 e. The summed E-state index contributed by atoms with van der Waals surface area (Å²) < 4.78 is 5.96. The van der Waals surface area contributed by atoms with E-state index in [-0.39, 0.29) is 23.5 Å². The molecule has 0 heterocycles. The van der Waals surface area contributed by atoms with Crippen molar-refractivity contribution in [1.29, 1.82) is 0 Å². The molecule has 2 atom stereocenters. The predicted molar refractivity (Wildman–Crippen MR) is 142 cm³/mol. The van der Waals surface area contributed by atoms with E-state index in [2.05, 4.69) is 93.5 Å². The van der Waals surface area contributed by atoms with Gasteiger partial charge in [0.15, 0.2) is 11.9 Å². The molecule has 188 valence electrons. The van der Waals surface area contributed by atoms with Gasteiger partial charge in [-0.2, -0.15) is 0 Å². The SMILES string of the molecule is CC(=O)OC(C(=O)C1(C(C)C)C=CC=C(C(C)C)C1)c1c(C(C)C)cc(C(C)C)cc1C(C)C. The van der Waals surface area contributed by atoms with Crippen molar-refractivity contribution >= 4 is 11.8 Å². The van der Waals surface area contributed by atoms with Crippen LogP contribution >= 0.6 is 0 Å². The lowest BCUT2D eigenvalue weighted by Crippen LogP contribution is -2.41. The van der Waals surface area contributed by atoms with E-state index in [1.165, 1.54) is 18.1 Å². The molecule has 1 aromatic rings. The Bertz CT molecular complexity index is 930. The normalized spacial score (nSPS) is 19.4. The highest BCUT2D eigenvalue weighted by atomic mass is 16.5. The Kier molecular flexibility index (Phi) is 9.13. The minimum absolute atomic E-state index is 0.0127. The van der Waals surface area contributed by atoms with Crippen molar-refractivity contribution in [3.05, 3.63) is 58.2 Å². The fourth-order valence-electron chi connectivity index (χ4n) is 5.01. The molecule has 0 N–H and O–H groups in total. The quantitative estimate of drug-likeness (QED) is 0.343. The van der Waals surface area contributed by atoms with Crippen LogP contribution < -0.4 is 0 Å². The van der Waals surface area contributed by atoms with Gasteiger partial charge in [0.1, 0.15) is 0 Å². The zero-order chi connectivity index (χ0) is 26.0. The van der Waals surface area contributed by atoms with Gasteiger partial charge in [-0.05, 0) is 52.7 Å². The summed E-state index contributed by atoms with van der Waals surface area (Å²) in [6.45, 7) is 22.9. The van der Waals surface area contributed by atoms with Gasteiger partial charge in [0.25, 0.3) is 0 Å². The van der Waals surface area contributed by atoms with Crippen molar-refractivity contribution in [1.82, 2.24) is 0 Å². The number of ether oxygens (including phenoxy) is 1. The molecule has 0 radical (unpaired) electrons. The second kappa shape index (κ2) is 11.1. The molecule has 0 saturated carbocycles. The van der Waals surface area contributed by atoms with Crippen LogP contribution in [0, 0.1) is 17.3 Å². The number of Topliss-reactive ketones (excluding diaryl/α,β-unsaturated/α-hetero) is 1. The molecule has 34 heavy (non-hydrogen) atoms. The molecule has 0 aromatic heterocycles. The molecule has 1 aliphatic carbocycles. The molecule has 1 aliphatic rings. The highest BCUT2D eigenvalue weighted by Crippen LogP contribution is 2.47. The average Bonchev–Trinajstić information content (AvgIpc) is 2.75. The molecule has 0 amide bonds. The van der Waals surface area contributed by atoms with Crippen molar-refractivity contribution in [2.75, 3.05) is 0 Å². The summed E-state index contributed by atoms with van der Waals surface area (Å²) in [5.41, 5.74) is 4.90. The molecule has 0 fully saturated rings. The number of benzene rings is 1. The molecule has 0 saturated heterocycles. The summed E-state index contributed by atoms with van der Waals surface area (Å²) >= 11 is 0. The third kappa shape index (κ3) is 5.73. The molecular formula is C31H46O3. The maximum Gasteiger partial charge on any atom is 0.303 e. The molecule has 2 unspecified atom stereocenters. The molecule has 0 aliphatic heterocycles. The Hall–Kier alpha value is -2.16. The van der Waals surface area contributed by atoms with Crippen LogP contribution in [0.5, 0.6) is 0 Å². The van der Waals surface area contributed by atoms with Gasteiger partial charge in [0, 0.05) is 12.5 Å². The fourth-order valence-corrected chi connectivity index (χ4v) is 5.01. The Morgan fingerprint density at radius 1 is 0.824 bits per heavy atom. The standard InChI is InChI=1S/C31H46O3/c1-18(2)24-13-12-14-31(17-24,22(9)10)30(33)29(34-23(11)32)28-26(20(5)6)15-25(19(3)4)16-27(28)21(7)8/h12-16,18-22,29H,17H2,1-11H3. The predicted octanol–water partition coefficient (Wildman–Crippen LogP) is 8.41. The highest BCUT2D eigenvalue weighted by molar-refractivity contribution is 5.94.